The molecule has 8 rings (SSSR count). The number of hydrogen-bond acceptors (Lipinski definition) is 6. The first-order valence-electron chi connectivity index (χ1n) is 16.3. The molecular weight excluding hydrogens is 550 g/mol. The zero-order chi connectivity index (χ0) is 30.3. The average Bonchev–Trinajstić information content (AvgIpc) is 3.03. The normalized spacial score (nSPS) is 25.7. The van der Waals surface area contributed by atoms with Gasteiger partial charge in [0.2, 0.25) is 5.91 Å². The number of piperazine rings is 1. The van der Waals surface area contributed by atoms with Crippen molar-refractivity contribution in [3.8, 4) is 16.9 Å². The van der Waals surface area contributed by atoms with Crippen LogP contribution in [-0.2, 0) is 11.2 Å². The summed E-state index contributed by atoms with van der Waals surface area (Å²) in [6.07, 6.45) is 9.13. The van der Waals surface area contributed by atoms with Crippen LogP contribution < -0.4 is 4.90 Å². The molecule has 230 valence electrons. The molecule has 2 aromatic carbocycles. The van der Waals surface area contributed by atoms with Crippen LogP contribution in [0.25, 0.3) is 11.1 Å². The number of amides is 2. The molecule has 5 fully saturated rings. The fourth-order valence-electron chi connectivity index (χ4n) is 9.14. The SMILES string of the molecule is CN(CC12CC3CC(CC(C3)C1)C2)C(=O)c1ccc(N2CCN(C(=O)CCc3ccccc3-c3cccc(O)c3)CC2)nn1. The molecular formula is C36H43N5O3. The Balaban J connectivity index is 0.906. The van der Waals surface area contributed by atoms with Crippen LogP contribution in [0.2, 0.25) is 0 Å². The van der Waals surface area contributed by atoms with Crippen LogP contribution in [0.5, 0.6) is 5.75 Å². The van der Waals surface area contributed by atoms with E-state index in [-0.39, 0.29) is 17.6 Å². The van der Waals surface area contributed by atoms with Crippen molar-refractivity contribution in [2.75, 3.05) is 44.7 Å². The van der Waals surface area contributed by atoms with Crippen LogP contribution in [0.4, 0.5) is 5.82 Å². The van der Waals surface area contributed by atoms with E-state index in [0.717, 1.165) is 46.8 Å². The Labute approximate surface area is 260 Å². The lowest BCUT2D eigenvalue weighted by Gasteiger charge is -2.57. The molecule has 1 aliphatic heterocycles. The smallest absolute Gasteiger partial charge is 0.274 e. The zero-order valence-corrected chi connectivity index (χ0v) is 25.7. The van der Waals surface area contributed by atoms with Crippen molar-refractivity contribution < 1.29 is 14.7 Å². The molecule has 5 aliphatic rings. The Morgan fingerprint density at radius 1 is 0.886 bits per heavy atom. The second-order valence-electron chi connectivity index (χ2n) is 13.9. The fraction of sp³-hybridized carbons (Fsp3) is 0.500. The van der Waals surface area contributed by atoms with Gasteiger partial charge in [-0.1, -0.05) is 36.4 Å². The monoisotopic (exact) mass is 593 g/mol. The Morgan fingerprint density at radius 3 is 2.25 bits per heavy atom. The van der Waals surface area contributed by atoms with E-state index in [2.05, 4.69) is 21.2 Å². The topological polar surface area (TPSA) is 89.9 Å². The van der Waals surface area contributed by atoms with Gasteiger partial charge in [-0.05, 0) is 109 Å². The Kier molecular flexibility index (Phi) is 7.77. The lowest BCUT2D eigenvalue weighted by molar-refractivity contribution is -0.131. The minimum atomic E-state index is -0.0409. The maximum atomic E-state index is 13.3. The fourth-order valence-corrected chi connectivity index (χ4v) is 9.14. The van der Waals surface area contributed by atoms with E-state index in [0.29, 0.717) is 50.1 Å². The van der Waals surface area contributed by atoms with Crippen molar-refractivity contribution in [3.05, 3.63) is 71.9 Å². The molecule has 44 heavy (non-hydrogen) atoms. The van der Waals surface area contributed by atoms with E-state index < -0.39 is 0 Å². The first kappa shape index (κ1) is 28.8. The summed E-state index contributed by atoms with van der Waals surface area (Å²) in [6, 6.07) is 19.0. The van der Waals surface area contributed by atoms with Gasteiger partial charge < -0.3 is 19.8 Å². The minimum Gasteiger partial charge on any atom is -0.508 e. The van der Waals surface area contributed by atoms with Crippen LogP contribution in [0, 0.1) is 23.2 Å². The second-order valence-corrected chi connectivity index (χ2v) is 13.9. The van der Waals surface area contributed by atoms with Crippen molar-refractivity contribution in [3.63, 3.8) is 0 Å². The van der Waals surface area contributed by atoms with E-state index in [4.69, 9.17) is 0 Å². The number of hydrogen-bond donors (Lipinski definition) is 1. The van der Waals surface area contributed by atoms with E-state index in [1.165, 1.54) is 38.5 Å². The summed E-state index contributed by atoms with van der Waals surface area (Å²) < 4.78 is 0. The summed E-state index contributed by atoms with van der Waals surface area (Å²) in [5, 5.41) is 18.7. The number of nitrogens with zero attached hydrogens (tertiary/aromatic N) is 5. The standard InChI is InChI=1S/C36H43N5O3/c1-39(24-36-21-25-17-26(22-36)19-27(18-25)23-36)35(44)32-10-11-33(38-37-32)40-13-15-41(16-14-40)34(43)12-9-28-5-2-3-8-31(28)29-6-4-7-30(42)20-29/h2-8,10-11,20,25-27,42H,9,12-19,21-24H2,1H3. The molecule has 2 amide bonds. The molecule has 2 heterocycles. The first-order chi connectivity index (χ1) is 21.3. The highest BCUT2D eigenvalue weighted by Gasteiger charge is 2.51. The summed E-state index contributed by atoms with van der Waals surface area (Å²) in [6.45, 7) is 3.45. The first-order valence-corrected chi connectivity index (χ1v) is 16.3. The predicted octanol–water partition coefficient (Wildman–Crippen LogP) is 5.42. The van der Waals surface area contributed by atoms with Gasteiger partial charge in [-0.3, -0.25) is 9.59 Å². The number of phenols is 1. The number of aromatic hydroxyl groups is 1. The van der Waals surface area contributed by atoms with Crippen LogP contribution in [0.3, 0.4) is 0 Å². The number of phenolic OH excluding ortho intramolecular Hbond substituents is 1. The number of aryl methyl sites for hydroxylation is 1. The lowest BCUT2D eigenvalue weighted by atomic mass is 9.49. The summed E-state index contributed by atoms with van der Waals surface area (Å²) in [5.41, 5.74) is 3.79. The van der Waals surface area contributed by atoms with Crippen LogP contribution in [0.15, 0.2) is 60.7 Å². The highest BCUT2D eigenvalue weighted by molar-refractivity contribution is 5.92. The van der Waals surface area contributed by atoms with Gasteiger partial charge in [0, 0.05) is 46.2 Å². The van der Waals surface area contributed by atoms with Crippen molar-refractivity contribution >= 4 is 17.6 Å². The zero-order valence-electron chi connectivity index (χ0n) is 25.7. The highest BCUT2D eigenvalue weighted by atomic mass is 16.3. The molecule has 1 aromatic heterocycles. The molecule has 8 nitrogen and oxygen atoms in total. The number of aromatic nitrogens is 2. The number of rotatable bonds is 8. The van der Waals surface area contributed by atoms with Crippen LogP contribution in [-0.4, -0.2) is 76.7 Å². The molecule has 4 saturated carbocycles. The van der Waals surface area contributed by atoms with Gasteiger partial charge in [0.25, 0.3) is 5.91 Å². The molecule has 0 spiro atoms. The van der Waals surface area contributed by atoms with Crippen molar-refractivity contribution in [1.82, 2.24) is 20.0 Å². The van der Waals surface area contributed by atoms with Gasteiger partial charge >= 0.3 is 0 Å². The van der Waals surface area contributed by atoms with Gasteiger partial charge in [0.05, 0.1) is 0 Å². The molecule has 1 saturated heterocycles. The molecule has 3 aromatic rings. The Morgan fingerprint density at radius 2 is 1.59 bits per heavy atom. The lowest BCUT2D eigenvalue weighted by Crippen LogP contribution is -2.51. The van der Waals surface area contributed by atoms with Crippen molar-refractivity contribution in [2.24, 2.45) is 23.2 Å². The largest absolute Gasteiger partial charge is 0.508 e. The molecule has 4 aliphatic carbocycles. The third-order valence-electron chi connectivity index (χ3n) is 10.7. The maximum Gasteiger partial charge on any atom is 0.274 e. The molecule has 4 bridgehead atoms. The Hall–Kier alpha value is -3.94. The van der Waals surface area contributed by atoms with Gasteiger partial charge in [-0.25, -0.2) is 0 Å². The molecule has 0 radical (unpaired) electrons. The molecule has 1 N–H and O–H groups in total. The average molecular weight is 594 g/mol. The third kappa shape index (κ3) is 5.91. The number of anilines is 1. The summed E-state index contributed by atoms with van der Waals surface area (Å²) in [4.78, 5) is 32.4. The second kappa shape index (κ2) is 11.9. The van der Waals surface area contributed by atoms with E-state index >= 15 is 0 Å². The molecule has 8 heteroatoms. The van der Waals surface area contributed by atoms with E-state index in [1.807, 2.05) is 59.3 Å². The third-order valence-corrected chi connectivity index (χ3v) is 10.7. The van der Waals surface area contributed by atoms with Crippen molar-refractivity contribution in [1.29, 1.82) is 0 Å². The van der Waals surface area contributed by atoms with E-state index in [1.54, 1.807) is 12.1 Å². The van der Waals surface area contributed by atoms with Crippen LogP contribution >= 0.6 is 0 Å². The number of benzene rings is 2. The van der Waals surface area contributed by atoms with Gasteiger partial charge in [0.15, 0.2) is 11.5 Å². The van der Waals surface area contributed by atoms with Crippen LogP contribution in [0.1, 0.15) is 61.0 Å². The Bertz CT molecular complexity index is 1480. The number of carbonyl (C=O) groups is 2. The van der Waals surface area contributed by atoms with E-state index in [9.17, 15) is 14.7 Å². The highest BCUT2D eigenvalue weighted by Crippen LogP contribution is 2.60. The summed E-state index contributed by atoms with van der Waals surface area (Å²) >= 11 is 0. The minimum absolute atomic E-state index is 0.0409. The number of carbonyl (C=O) groups excluding carboxylic acids is 2. The molecule has 0 unspecified atom stereocenters. The molecule has 0 atom stereocenters. The predicted molar refractivity (Wildman–Crippen MR) is 170 cm³/mol. The van der Waals surface area contributed by atoms with Gasteiger partial charge in [-0.2, -0.15) is 0 Å². The van der Waals surface area contributed by atoms with Crippen molar-refractivity contribution in [2.45, 2.75) is 51.4 Å². The quantitative estimate of drug-likeness (QED) is 0.375. The van der Waals surface area contributed by atoms with Gasteiger partial charge in [-0.15, -0.1) is 10.2 Å². The summed E-state index contributed by atoms with van der Waals surface area (Å²) in [7, 11) is 1.93. The summed E-state index contributed by atoms with van der Waals surface area (Å²) in [5.74, 6) is 3.69. The maximum absolute atomic E-state index is 13.3. The van der Waals surface area contributed by atoms with Gasteiger partial charge in [0.1, 0.15) is 5.75 Å².